The number of aryl methyl sites for hydroxylation is 1. The van der Waals surface area contributed by atoms with Gasteiger partial charge in [-0.1, -0.05) is 24.3 Å². The monoisotopic (exact) mass is 538 g/mol. The third-order valence-electron chi connectivity index (χ3n) is 5.07. The number of non-ortho nitro benzene ring substituents is 1. The molecular weight excluding hydrogens is 520 g/mol. The highest BCUT2D eigenvalue weighted by Gasteiger charge is 2.28. The first kappa shape index (κ1) is 27.3. The molecule has 3 rings (SSSR count). The van der Waals surface area contributed by atoms with E-state index < -0.39 is 42.0 Å². The molecule has 3 aromatic carbocycles. The van der Waals surface area contributed by atoms with Crippen molar-refractivity contribution in [3.8, 4) is 17.6 Å². The number of nitrogens with one attached hydrogen (secondary N) is 1. The van der Waals surface area contributed by atoms with Crippen molar-refractivity contribution in [3.63, 3.8) is 0 Å². The van der Waals surface area contributed by atoms with Crippen molar-refractivity contribution in [1.82, 2.24) is 0 Å². The molecule has 13 nitrogen and oxygen atoms in total. The Labute approximate surface area is 216 Å². The molecule has 0 fully saturated rings. The van der Waals surface area contributed by atoms with Crippen LogP contribution in [0.3, 0.4) is 0 Å². The number of ether oxygens (including phenoxy) is 1. The maximum absolute atomic E-state index is 12.8. The van der Waals surface area contributed by atoms with Gasteiger partial charge in [0.25, 0.3) is 17.3 Å². The Morgan fingerprint density at radius 3 is 2.37 bits per heavy atom. The number of nitriles is 1. The minimum atomic E-state index is -4.69. The summed E-state index contributed by atoms with van der Waals surface area (Å²) in [7, 11) is -3.45. The zero-order valence-corrected chi connectivity index (χ0v) is 20.6. The molecule has 194 valence electrons. The maximum atomic E-state index is 12.8. The number of benzene rings is 3. The largest absolute Gasteiger partial charge is 0.493 e. The third kappa shape index (κ3) is 6.09. The number of hydrogen-bond acceptors (Lipinski definition) is 10. The van der Waals surface area contributed by atoms with Crippen LogP contribution in [-0.2, 0) is 14.9 Å². The van der Waals surface area contributed by atoms with E-state index in [1.807, 2.05) is 0 Å². The first-order valence-corrected chi connectivity index (χ1v) is 11.9. The Hall–Kier alpha value is -5.29. The van der Waals surface area contributed by atoms with Crippen LogP contribution in [0.25, 0.3) is 6.08 Å². The summed E-state index contributed by atoms with van der Waals surface area (Å²) in [6.45, 7) is 1.61. The Morgan fingerprint density at radius 2 is 1.74 bits per heavy atom. The van der Waals surface area contributed by atoms with E-state index in [2.05, 4.69) is 5.32 Å². The average Bonchev–Trinajstić information content (AvgIpc) is 2.88. The van der Waals surface area contributed by atoms with Gasteiger partial charge < -0.3 is 14.2 Å². The zero-order valence-electron chi connectivity index (χ0n) is 19.8. The number of amides is 1. The average molecular weight is 538 g/mol. The quantitative estimate of drug-likeness (QED) is 0.136. The standard InChI is InChI=1S/C24H18N4O9S/c1-15-7-9-18(27(30)31)13-19(15)26-24(29)17(14-25)11-16-8-10-21(36-2)22(12-16)37-38(34,35)23-6-4-3-5-20(23)28(32)33/h3-13H,1-2H3,(H,26,29)/b17-11+. The zero-order chi connectivity index (χ0) is 28.0. The van der Waals surface area contributed by atoms with E-state index in [1.165, 1.54) is 43.5 Å². The fraction of sp³-hybridized carbons (Fsp3) is 0.0833. The van der Waals surface area contributed by atoms with Gasteiger partial charge in [0, 0.05) is 18.2 Å². The fourth-order valence-corrected chi connectivity index (χ4v) is 4.29. The molecule has 38 heavy (non-hydrogen) atoms. The van der Waals surface area contributed by atoms with Gasteiger partial charge in [0.05, 0.1) is 22.6 Å². The second-order valence-electron chi connectivity index (χ2n) is 7.55. The van der Waals surface area contributed by atoms with Gasteiger partial charge in [0.2, 0.25) is 0 Å². The van der Waals surface area contributed by atoms with Gasteiger partial charge in [-0.3, -0.25) is 25.0 Å². The smallest absolute Gasteiger partial charge is 0.346 e. The number of nitro benzene ring substituents is 2. The van der Waals surface area contributed by atoms with Crippen molar-refractivity contribution in [1.29, 1.82) is 5.26 Å². The first-order valence-electron chi connectivity index (χ1n) is 10.5. The van der Waals surface area contributed by atoms with Gasteiger partial charge >= 0.3 is 10.1 Å². The first-order chi connectivity index (χ1) is 18.0. The lowest BCUT2D eigenvalue weighted by molar-refractivity contribution is -0.387. The van der Waals surface area contributed by atoms with Gasteiger partial charge in [-0.15, -0.1) is 0 Å². The number of methoxy groups -OCH3 is 1. The van der Waals surface area contributed by atoms with Crippen molar-refractivity contribution >= 4 is 39.2 Å². The lowest BCUT2D eigenvalue weighted by atomic mass is 10.1. The highest BCUT2D eigenvalue weighted by molar-refractivity contribution is 7.87. The topological polar surface area (TPSA) is 192 Å². The van der Waals surface area contributed by atoms with Gasteiger partial charge in [-0.2, -0.15) is 13.7 Å². The second-order valence-corrected chi connectivity index (χ2v) is 9.07. The summed E-state index contributed by atoms with van der Waals surface area (Å²) in [5, 5.41) is 34.3. The van der Waals surface area contributed by atoms with Crippen LogP contribution in [0.15, 0.2) is 71.1 Å². The molecule has 1 N–H and O–H groups in total. The molecule has 0 saturated carbocycles. The molecule has 0 unspecified atom stereocenters. The lowest BCUT2D eigenvalue weighted by Gasteiger charge is -2.12. The van der Waals surface area contributed by atoms with Crippen molar-refractivity contribution in [2.45, 2.75) is 11.8 Å². The van der Waals surface area contributed by atoms with Crippen molar-refractivity contribution in [2.75, 3.05) is 12.4 Å². The van der Waals surface area contributed by atoms with E-state index >= 15 is 0 Å². The molecule has 14 heteroatoms. The normalized spacial score (nSPS) is 11.2. The summed E-state index contributed by atoms with van der Waals surface area (Å²) in [5.74, 6) is -1.27. The minimum absolute atomic E-state index is 0.0421. The summed E-state index contributed by atoms with van der Waals surface area (Å²) in [6, 6.07) is 14.1. The summed E-state index contributed by atoms with van der Waals surface area (Å²) in [6.07, 6.45) is 1.13. The van der Waals surface area contributed by atoms with Crippen molar-refractivity contribution in [3.05, 3.63) is 97.6 Å². The van der Waals surface area contributed by atoms with E-state index in [0.29, 0.717) is 5.56 Å². The molecule has 0 bridgehead atoms. The minimum Gasteiger partial charge on any atom is -0.493 e. The molecule has 0 saturated heterocycles. The van der Waals surface area contributed by atoms with Gasteiger partial charge in [0.1, 0.15) is 11.6 Å². The van der Waals surface area contributed by atoms with E-state index in [9.17, 15) is 38.7 Å². The van der Waals surface area contributed by atoms with Gasteiger partial charge in [0.15, 0.2) is 16.4 Å². The summed E-state index contributed by atoms with van der Waals surface area (Å²) < 4.78 is 35.9. The molecule has 0 atom stereocenters. The highest BCUT2D eigenvalue weighted by atomic mass is 32.2. The van der Waals surface area contributed by atoms with Crippen LogP contribution in [0, 0.1) is 38.5 Å². The number of carbonyl (C=O) groups is 1. The van der Waals surface area contributed by atoms with Gasteiger partial charge in [-0.25, -0.2) is 0 Å². The number of anilines is 1. The van der Waals surface area contributed by atoms with E-state index in [0.717, 1.165) is 30.3 Å². The maximum Gasteiger partial charge on any atom is 0.346 e. The molecule has 0 aliphatic carbocycles. The Balaban J connectivity index is 1.96. The Bertz CT molecular complexity index is 1630. The van der Waals surface area contributed by atoms with Crippen LogP contribution in [0.5, 0.6) is 11.5 Å². The number of para-hydroxylation sites is 1. The van der Waals surface area contributed by atoms with Crippen LogP contribution in [-0.4, -0.2) is 31.3 Å². The van der Waals surface area contributed by atoms with E-state index in [4.69, 9.17) is 8.92 Å². The highest BCUT2D eigenvalue weighted by Crippen LogP contribution is 2.33. The Morgan fingerprint density at radius 1 is 1.03 bits per heavy atom. The number of rotatable bonds is 9. The molecule has 0 radical (unpaired) electrons. The van der Waals surface area contributed by atoms with Crippen LogP contribution in [0.4, 0.5) is 17.1 Å². The van der Waals surface area contributed by atoms with Crippen LogP contribution in [0.2, 0.25) is 0 Å². The molecule has 0 heterocycles. The molecule has 1 amide bonds. The predicted molar refractivity (Wildman–Crippen MR) is 134 cm³/mol. The number of carbonyl (C=O) groups excluding carboxylic acids is 1. The van der Waals surface area contributed by atoms with Crippen molar-refractivity contribution < 1.29 is 32.0 Å². The third-order valence-corrected chi connectivity index (χ3v) is 6.36. The molecule has 0 aliphatic heterocycles. The van der Waals surface area contributed by atoms with Crippen LogP contribution in [0.1, 0.15) is 11.1 Å². The lowest BCUT2D eigenvalue weighted by Crippen LogP contribution is -2.14. The van der Waals surface area contributed by atoms with Crippen LogP contribution >= 0.6 is 0 Å². The Kier molecular flexibility index (Phi) is 8.04. The van der Waals surface area contributed by atoms with Crippen molar-refractivity contribution in [2.24, 2.45) is 0 Å². The summed E-state index contributed by atoms with van der Waals surface area (Å²) in [4.78, 5) is 32.8. The van der Waals surface area contributed by atoms with Crippen LogP contribution < -0.4 is 14.2 Å². The molecule has 0 aliphatic rings. The number of nitrogens with zero attached hydrogens (tertiary/aromatic N) is 3. The molecule has 0 spiro atoms. The fourth-order valence-electron chi connectivity index (χ4n) is 3.19. The summed E-state index contributed by atoms with van der Waals surface area (Å²) >= 11 is 0. The van der Waals surface area contributed by atoms with E-state index in [1.54, 1.807) is 13.0 Å². The molecule has 3 aromatic rings. The predicted octanol–water partition coefficient (Wildman–Crippen LogP) is 4.13. The van der Waals surface area contributed by atoms with Gasteiger partial charge in [-0.05, 0) is 42.3 Å². The second kappa shape index (κ2) is 11.2. The van der Waals surface area contributed by atoms with E-state index in [-0.39, 0.29) is 28.4 Å². The summed E-state index contributed by atoms with van der Waals surface area (Å²) in [5.41, 5.74) is -0.566. The SMILES string of the molecule is COc1ccc(/C=C(\C#N)C(=O)Nc2cc([N+](=O)[O-])ccc2C)cc1OS(=O)(=O)c1ccccc1[N+](=O)[O-]. The molecule has 0 aromatic heterocycles. The molecular formula is C24H18N4O9S. The number of hydrogen-bond donors (Lipinski definition) is 1. The number of nitro groups is 2.